The minimum atomic E-state index is -1.28. The van der Waals surface area contributed by atoms with Crippen molar-refractivity contribution in [1.29, 1.82) is 0 Å². The molecule has 0 atom stereocenters. The van der Waals surface area contributed by atoms with E-state index in [-0.39, 0.29) is 12.3 Å². The van der Waals surface area contributed by atoms with Gasteiger partial charge in [0.15, 0.2) is 0 Å². The molecule has 1 N–H and O–H groups in total. The summed E-state index contributed by atoms with van der Waals surface area (Å²) in [6.07, 6.45) is 1.86. The first kappa shape index (κ1) is 16.6. The number of carbonyl (C=O) groups is 1. The molecule has 2 aromatic carbocycles. The lowest BCUT2D eigenvalue weighted by Gasteiger charge is -2.33. The number of halogens is 1. The van der Waals surface area contributed by atoms with Gasteiger partial charge in [0, 0.05) is 17.0 Å². The molecule has 4 nitrogen and oxygen atoms in total. The maximum absolute atomic E-state index is 14.2. The van der Waals surface area contributed by atoms with Gasteiger partial charge in [-0.2, -0.15) is 0 Å². The second-order valence-electron chi connectivity index (χ2n) is 6.72. The molecule has 1 amide bonds. The molecule has 4 rings (SSSR count). The summed E-state index contributed by atoms with van der Waals surface area (Å²) in [4.78, 5) is 12.7. The lowest BCUT2D eigenvalue weighted by Crippen LogP contribution is -2.44. The van der Waals surface area contributed by atoms with Crippen molar-refractivity contribution < 1.29 is 18.3 Å². The average molecular weight is 353 g/mol. The van der Waals surface area contributed by atoms with E-state index in [0.717, 1.165) is 17.4 Å². The monoisotopic (exact) mass is 353 g/mol. The minimum Gasteiger partial charge on any atom is -0.497 e. The fraction of sp³-hybridized carbons (Fsp3) is 0.286. The summed E-state index contributed by atoms with van der Waals surface area (Å²) >= 11 is 0. The third kappa shape index (κ3) is 2.94. The van der Waals surface area contributed by atoms with Crippen LogP contribution >= 0.6 is 0 Å². The molecule has 3 aromatic rings. The van der Waals surface area contributed by atoms with Gasteiger partial charge >= 0.3 is 0 Å². The number of rotatable bonds is 5. The van der Waals surface area contributed by atoms with E-state index < -0.39 is 11.6 Å². The molecule has 1 heterocycles. The topological polar surface area (TPSA) is 51.5 Å². The van der Waals surface area contributed by atoms with Crippen molar-refractivity contribution >= 4 is 16.9 Å². The Morgan fingerprint density at radius 3 is 2.65 bits per heavy atom. The number of amides is 1. The third-order valence-corrected chi connectivity index (χ3v) is 4.98. The van der Waals surface area contributed by atoms with Crippen molar-refractivity contribution in [2.45, 2.75) is 24.9 Å². The number of hydrogen-bond acceptors (Lipinski definition) is 3. The lowest BCUT2D eigenvalue weighted by molar-refractivity contribution is 0.0569. The Hall–Kier alpha value is -2.82. The summed E-state index contributed by atoms with van der Waals surface area (Å²) < 4.78 is 25.3. The minimum absolute atomic E-state index is 0.0143. The van der Waals surface area contributed by atoms with Crippen LogP contribution < -0.4 is 10.1 Å². The number of furan rings is 1. The van der Waals surface area contributed by atoms with E-state index in [2.05, 4.69) is 5.32 Å². The Labute approximate surface area is 151 Å². The van der Waals surface area contributed by atoms with Gasteiger partial charge in [-0.1, -0.05) is 30.3 Å². The van der Waals surface area contributed by atoms with Crippen LogP contribution in [-0.2, 0) is 0 Å². The number of benzene rings is 2. The molecule has 134 valence electrons. The van der Waals surface area contributed by atoms with Crippen molar-refractivity contribution in [1.82, 2.24) is 5.32 Å². The van der Waals surface area contributed by atoms with Crippen LogP contribution in [0.25, 0.3) is 22.1 Å². The fourth-order valence-electron chi connectivity index (χ4n) is 3.31. The fourth-order valence-corrected chi connectivity index (χ4v) is 3.31. The van der Waals surface area contributed by atoms with E-state index in [0.29, 0.717) is 29.7 Å². The molecule has 5 heteroatoms. The van der Waals surface area contributed by atoms with Crippen molar-refractivity contribution in [3.05, 3.63) is 54.3 Å². The maximum Gasteiger partial charge on any atom is 0.287 e. The Morgan fingerprint density at radius 2 is 2.00 bits per heavy atom. The molecule has 0 saturated heterocycles. The molecular weight excluding hydrogens is 333 g/mol. The van der Waals surface area contributed by atoms with Crippen LogP contribution in [0.2, 0.25) is 0 Å². The zero-order chi connectivity index (χ0) is 18.1. The van der Waals surface area contributed by atoms with E-state index in [1.165, 1.54) is 0 Å². The number of fused-ring (bicyclic) bond motifs is 1. The summed E-state index contributed by atoms with van der Waals surface area (Å²) in [7, 11) is 1.58. The summed E-state index contributed by atoms with van der Waals surface area (Å²) in [6, 6.07) is 15.0. The highest BCUT2D eigenvalue weighted by atomic mass is 19.1. The number of nitrogens with one attached hydrogen (secondary N) is 1. The third-order valence-electron chi connectivity index (χ3n) is 4.98. The number of carbonyl (C=O) groups excluding carboxylic acids is 1. The summed E-state index contributed by atoms with van der Waals surface area (Å²) in [5, 5.41) is 3.52. The SMILES string of the molecule is COc1ccc2c(-c3ccccc3)c(C(=O)NCC3(F)CCC3)oc2c1. The van der Waals surface area contributed by atoms with Gasteiger partial charge in [0.2, 0.25) is 5.76 Å². The summed E-state index contributed by atoms with van der Waals surface area (Å²) in [6.45, 7) is 0.0143. The smallest absolute Gasteiger partial charge is 0.287 e. The van der Waals surface area contributed by atoms with Gasteiger partial charge in [-0.3, -0.25) is 4.79 Å². The van der Waals surface area contributed by atoms with Crippen molar-refractivity contribution in [3.63, 3.8) is 0 Å². The number of hydrogen-bond donors (Lipinski definition) is 1. The predicted molar refractivity (Wildman–Crippen MR) is 98.2 cm³/mol. The highest BCUT2D eigenvalue weighted by Crippen LogP contribution is 2.37. The van der Waals surface area contributed by atoms with Crippen molar-refractivity contribution in [3.8, 4) is 16.9 Å². The van der Waals surface area contributed by atoms with Gasteiger partial charge in [0.1, 0.15) is 17.0 Å². The highest BCUT2D eigenvalue weighted by Gasteiger charge is 2.37. The molecule has 1 aliphatic carbocycles. The van der Waals surface area contributed by atoms with Crippen molar-refractivity contribution in [2.75, 3.05) is 13.7 Å². The van der Waals surface area contributed by atoms with E-state index >= 15 is 0 Å². The predicted octanol–water partition coefficient (Wildman–Crippen LogP) is 4.73. The van der Waals surface area contributed by atoms with Crippen molar-refractivity contribution in [2.24, 2.45) is 0 Å². The maximum atomic E-state index is 14.2. The molecule has 1 aromatic heterocycles. The van der Waals surface area contributed by atoms with Crippen LogP contribution in [0.3, 0.4) is 0 Å². The molecule has 1 fully saturated rings. The van der Waals surface area contributed by atoms with Crippen LogP contribution in [0.4, 0.5) is 4.39 Å². The first-order valence-corrected chi connectivity index (χ1v) is 8.73. The first-order valence-electron chi connectivity index (χ1n) is 8.73. The van der Waals surface area contributed by atoms with Gasteiger partial charge in [0.25, 0.3) is 5.91 Å². The standard InChI is InChI=1S/C21H20FNO3/c1-25-15-8-9-16-17(12-15)26-19(18(16)14-6-3-2-4-7-14)20(24)23-13-21(22)10-5-11-21/h2-4,6-9,12H,5,10-11,13H2,1H3,(H,23,24). The molecule has 1 aliphatic rings. The van der Waals surface area contributed by atoms with E-state index in [1.54, 1.807) is 13.2 Å². The first-order chi connectivity index (χ1) is 12.6. The Morgan fingerprint density at radius 1 is 1.23 bits per heavy atom. The van der Waals surface area contributed by atoms with Gasteiger partial charge in [-0.05, 0) is 37.0 Å². The second kappa shape index (κ2) is 6.48. The van der Waals surface area contributed by atoms with E-state index in [4.69, 9.17) is 9.15 Å². The molecule has 26 heavy (non-hydrogen) atoms. The Kier molecular flexibility index (Phi) is 4.15. The van der Waals surface area contributed by atoms with Crippen LogP contribution in [0.5, 0.6) is 5.75 Å². The van der Waals surface area contributed by atoms with Crippen LogP contribution in [0.1, 0.15) is 29.8 Å². The zero-order valence-electron chi connectivity index (χ0n) is 14.5. The molecule has 0 radical (unpaired) electrons. The summed E-state index contributed by atoms with van der Waals surface area (Å²) in [5.74, 6) is 0.445. The normalized spacial score (nSPS) is 15.5. The number of alkyl halides is 1. The lowest BCUT2D eigenvalue weighted by atomic mass is 9.82. The van der Waals surface area contributed by atoms with Gasteiger partial charge in [-0.25, -0.2) is 4.39 Å². The molecule has 0 bridgehead atoms. The zero-order valence-corrected chi connectivity index (χ0v) is 14.5. The Bertz CT molecular complexity index is 945. The second-order valence-corrected chi connectivity index (χ2v) is 6.72. The highest BCUT2D eigenvalue weighted by molar-refractivity contribution is 6.08. The van der Waals surface area contributed by atoms with Crippen LogP contribution in [-0.4, -0.2) is 25.2 Å². The van der Waals surface area contributed by atoms with E-state index in [9.17, 15) is 9.18 Å². The van der Waals surface area contributed by atoms with E-state index in [1.807, 2.05) is 42.5 Å². The number of ether oxygens (including phenoxy) is 1. The molecule has 0 spiro atoms. The van der Waals surface area contributed by atoms with Gasteiger partial charge in [-0.15, -0.1) is 0 Å². The largest absolute Gasteiger partial charge is 0.497 e. The average Bonchev–Trinajstić information content (AvgIpc) is 3.03. The quantitative estimate of drug-likeness (QED) is 0.721. The molecule has 0 unspecified atom stereocenters. The van der Waals surface area contributed by atoms with Gasteiger partial charge in [0.05, 0.1) is 13.7 Å². The number of methoxy groups -OCH3 is 1. The summed E-state index contributed by atoms with van der Waals surface area (Å²) in [5.41, 5.74) is 0.868. The molecule has 0 aliphatic heterocycles. The van der Waals surface area contributed by atoms with Crippen LogP contribution in [0.15, 0.2) is 52.9 Å². The van der Waals surface area contributed by atoms with Gasteiger partial charge < -0.3 is 14.5 Å². The Balaban J connectivity index is 1.75. The molecule has 1 saturated carbocycles. The molecular formula is C21H20FNO3. The van der Waals surface area contributed by atoms with Crippen LogP contribution in [0, 0.1) is 0 Å².